The van der Waals surface area contributed by atoms with E-state index in [0.29, 0.717) is 66.2 Å². The summed E-state index contributed by atoms with van der Waals surface area (Å²) in [5.74, 6) is -0.732. The molecule has 1 amide bonds. The lowest BCUT2D eigenvalue weighted by molar-refractivity contribution is -0.139. The molecular weight excluding hydrogens is 628 g/mol. The number of oxime groups is 1. The molecule has 2 aromatic heterocycles. The molecule has 1 unspecified atom stereocenters. The van der Waals surface area contributed by atoms with E-state index in [-0.39, 0.29) is 11.7 Å². The van der Waals surface area contributed by atoms with Gasteiger partial charge in [0.05, 0.1) is 16.3 Å². The number of carbonyl (C=O) groups excluding carboxylic acids is 1. The molecule has 0 spiro atoms. The van der Waals surface area contributed by atoms with Crippen molar-refractivity contribution in [1.82, 2.24) is 14.5 Å². The minimum atomic E-state index is -4.69. The molecule has 3 aromatic rings. The van der Waals surface area contributed by atoms with Gasteiger partial charge in [0, 0.05) is 47.0 Å². The number of thiazole rings is 1. The van der Waals surface area contributed by atoms with E-state index in [1.807, 2.05) is 5.38 Å². The van der Waals surface area contributed by atoms with Crippen LogP contribution < -0.4 is 5.56 Å². The number of carbonyl (C=O) groups is 1. The van der Waals surface area contributed by atoms with Gasteiger partial charge in [-0.15, -0.1) is 11.3 Å². The summed E-state index contributed by atoms with van der Waals surface area (Å²) in [6, 6.07) is 4.95. The maximum absolute atomic E-state index is 13.7. The molecule has 206 valence electrons. The number of hydrogen-bond donors (Lipinski definition) is 0. The molecule has 0 radical (unpaired) electrons. The van der Waals surface area contributed by atoms with Crippen LogP contribution in [0.15, 0.2) is 50.3 Å². The van der Waals surface area contributed by atoms with Crippen LogP contribution in [0.5, 0.6) is 0 Å². The number of nitrogens with zero attached hydrogens (tertiary/aromatic N) is 4. The van der Waals surface area contributed by atoms with Crippen molar-refractivity contribution in [2.75, 3.05) is 13.1 Å². The van der Waals surface area contributed by atoms with E-state index < -0.39 is 40.9 Å². The number of likely N-dealkylation sites (tertiary alicyclic amines) is 1. The van der Waals surface area contributed by atoms with E-state index in [1.165, 1.54) is 28.4 Å². The summed E-state index contributed by atoms with van der Waals surface area (Å²) in [6.45, 7) is 0.218. The first-order valence-corrected chi connectivity index (χ1v) is 13.9. The summed E-state index contributed by atoms with van der Waals surface area (Å²) in [5, 5.41) is 6.34. The highest BCUT2D eigenvalue weighted by atomic mass is 79.9. The van der Waals surface area contributed by atoms with Gasteiger partial charge in [-0.3, -0.25) is 9.59 Å². The lowest BCUT2D eigenvalue weighted by atomic mass is 9.97. The highest BCUT2D eigenvalue weighted by Crippen LogP contribution is 2.36. The largest absolute Gasteiger partial charge is 0.417 e. The number of amides is 1. The zero-order chi connectivity index (χ0) is 27.9. The van der Waals surface area contributed by atoms with Crippen LogP contribution in [0.1, 0.15) is 53.1 Å². The summed E-state index contributed by atoms with van der Waals surface area (Å²) >= 11 is 10.6. The third-order valence-corrected chi connectivity index (χ3v) is 8.66. The van der Waals surface area contributed by atoms with Gasteiger partial charge in [0.15, 0.2) is 6.10 Å². The zero-order valence-corrected chi connectivity index (χ0v) is 23.2. The number of hydrogen-bond acceptors (Lipinski definition) is 6. The Hall–Kier alpha value is -2.77. The normalized spacial score (nSPS) is 18.3. The van der Waals surface area contributed by atoms with Crippen LogP contribution in [0.3, 0.4) is 0 Å². The van der Waals surface area contributed by atoms with Crippen LogP contribution in [0, 0.1) is 5.82 Å². The Kier molecular flexibility index (Phi) is 7.84. The number of piperidine rings is 1. The van der Waals surface area contributed by atoms with E-state index >= 15 is 0 Å². The van der Waals surface area contributed by atoms with E-state index in [0.717, 1.165) is 9.48 Å². The van der Waals surface area contributed by atoms with Crippen molar-refractivity contribution >= 4 is 50.5 Å². The van der Waals surface area contributed by atoms with Crippen molar-refractivity contribution in [2.45, 2.75) is 44.0 Å². The van der Waals surface area contributed by atoms with E-state index in [2.05, 4.69) is 21.1 Å². The highest BCUT2D eigenvalue weighted by molar-refractivity contribution is 9.10. The van der Waals surface area contributed by atoms with Crippen LogP contribution >= 0.6 is 38.9 Å². The molecule has 1 fully saturated rings. The Bertz CT molecular complexity index is 1500. The highest BCUT2D eigenvalue weighted by Gasteiger charge is 2.33. The molecule has 0 N–H and O–H groups in total. The minimum Gasteiger partial charge on any atom is -0.387 e. The van der Waals surface area contributed by atoms with Crippen molar-refractivity contribution in [2.24, 2.45) is 5.16 Å². The van der Waals surface area contributed by atoms with E-state index in [4.69, 9.17) is 21.4 Å². The molecule has 2 aliphatic rings. The lowest BCUT2D eigenvalue weighted by Gasteiger charge is -2.31. The van der Waals surface area contributed by atoms with Gasteiger partial charge >= 0.3 is 6.18 Å². The van der Waals surface area contributed by atoms with Gasteiger partial charge in [-0.2, -0.15) is 13.2 Å². The molecule has 7 nitrogen and oxygen atoms in total. The standard InChI is InChI=1S/C25H20BrClF4N4O3S/c26-17-2-1-15(28)8-16(17)21-9-19(33-38-21)20-12-39-23(32-20)13-3-5-34(6-4-13)22(36)11-35-10-14(25(29,30)31)7-18(27)24(35)37/h1-2,7-8,10,12-13,21H,3-6,9,11H2. The molecule has 14 heteroatoms. The number of alkyl halides is 3. The van der Waals surface area contributed by atoms with Gasteiger partial charge in [0.25, 0.3) is 5.56 Å². The fourth-order valence-electron chi connectivity index (χ4n) is 4.56. The Morgan fingerprint density at radius 3 is 2.69 bits per heavy atom. The van der Waals surface area contributed by atoms with Crippen molar-refractivity contribution in [3.63, 3.8) is 0 Å². The van der Waals surface area contributed by atoms with Crippen molar-refractivity contribution < 1.29 is 27.2 Å². The van der Waals surface area contributed by atoms with Crippen LogP contribution in [0.2, 0.25) is 5.02 Å². The molecule has 0 saturated carbocycles. The maximum atomic E-state index is 13.7. The van der Waals surface area contributed by atoms with Crippen LogP contribution in [-0.2, 0) is 22.4 Å². The van der Waals surface area contributed by atoms with Crippen molar-refractivity contribution in [3.05, 3.63) is 83.3 Å². The Labute approximate surface area is 237 Å². The lowest BCUT2D eigenvalue weighted by Crippen LogP contribution is -2.41. The average molecular weight is 648 g/mol. The number of rotatable bonds is 5. The first kappa shape index (κ1) is 27.8. The average Bonchev–Trinajstić information content (AvgIpc) is 3.58. The Morgan fingerprint density at radius 1 is 1.23 bits per heavy atom. The number of halogens is 6. The third-order valence-electron chi connectivity index (χ3n) is 6.66. The molecular formula is C25H20BrClF4N4O3S. The molecule has 2 aliphatic heterocycles. The predicted molar refractivity (Wildman–Crippen MR) is 140 cm³/mol. The second-order valence-electron chi connectivity index (χ2n) is 9.24. The van der Waals surface area contributed by atoms with Gasteiger partial charge in [-0.1, -0.05) is 32.7 Å². The summed E-state index contributed by atoms with van der Waals surface area (Å²) in [7, 11) is 0. The quantitative estimate of drug-likeness (QED) is 0.312. The fourth-order valence-corrected chi connectivity index (χ4v) is 6.29. The van der Waals surface area contributed by atoms with Gasteiger partial charge in [0.1, 0.15) is 23.1 Å². The summed E-state index contributed by atoms with van der Waals surface area (Å²) in [5.41, 5.74) is 0.0658. The van der Waals surface area contributed by atoms with Gasteiger partial charge in [-0.05, 0) is 37.1 Å². The molecule has 1 atom stereocenters. The SMILES string of the molecule is O=C(Cn1cc(C(F)(F)F)cc(Cl)c1=O)N1CCC(c2nc(C3=NOC(c4cc(F)ccc4Br)C3)cs2)CC1. The smallest absolute Gasteiger partial charge is 0.387 e. The topological polar surface area (TPSA) is 76.8 Å². The zero-order valence-electron chi connectivity index (χ0n) is 20.1. The first-order valence-electron chi connectivity index (χ1n) is 11.9. The van der Waals surface area contributed by atoms with Crippen LogP contribution in [-0.4, -0.2) is 39.2 Å². The first-order chi connectivity index (χ1) is 18.5. The Balaban J connectivity index is 1.19. The minimum absolute atomic E-state index is 0.0922. The summed E-state index contributed by atoms with van der Waals surface area (Å²) in [4.78, 5) is 36.8. The van der Waals surface area contributed by atoms with Crippen molar-refractivity contribution in [1.29, 1.82) is 0 Å². The molecule has 39 heavy (non-hydrogen) atoms. The van der Waals surface area contributed by atoms with E-state index in [1.54, 1.807) is 6.07 Å². The van der Waals surface area contributed by atoms with Gasteiger partial charge < -0.3 is 14.3 Å². The number of benzene rings is 1. The second-order valence-corrected chi connectivity index (χ2v) is 11.4. The molecule has 1 aromatic carbocycles. The van der Waals surface area contributed by atoms with Crippen LogP contribution in [0.25, 0.3) is 0 Å². The number of pyridine rings is 1. The number of aromatic nitrogens is 2. The van der Waals surface area contributed by atoms with E-state index in [9.17, 15) is 27.2 Å². The second kappa shape index (κ2) is 11.0. The molecule has 1 saturated heterocycles. The van der Waals surface area contributed by atoms with Crippen LogP contribution in [0.4, 0.5) is 17.6 Å². The van der Waals surface area contributed by atoms with Crippen molar-refractivity contribution in [3.8, 4) is 0 Å². The fraction of sp³-hybridized carbons (Fsp3) is 0.360. The molecule has 0 bridgehead atoms. The molecule has 4 heterocycles. The monoisotopic (exact) mass is 646 g/mol. The summed E-state index contributed by atoms with van der Waals surface area (Å²) in [6.07, 6.45) is -2.85. The predicted octanol–water partition coefficient (Wildman–Crippen LogP) is 6.15. The van der Waals surface area contributed by atoms with Gasteiger partial charge in [-0.25, -0.2) is 9.37 Å². The summed E-state index contributed by atoms with van der Waals surface area (Å²) < 4.78 is 54.4. The third kappa shape index (κ3) is 6.04. The molecule has 5 rings (SSSR count). The van der Waals surface area contributed by atoms with Gasteiger partial charge in [0.2, 0.25) is 5.91 Å². The Morgan fingerprint density at radius 2 is 1.97 bits per heavy atom. The molecule has 0 aliphatic carbocycles. The maximum Gasteiger partial charge on any atom is 0.417 e.